The molecule has 1 aliphatic carbocycles. The molecule has 1 saturated carbocycles. The number of rotatable bonds is 5. The highest BCUT2D eigenvalue weighted by Gasteiger charge is 2.44. The SMILES string of the molecule is C=C(C)/C1=C/CN(S(=O)(=O)c2ccc(C)cc2)[C@@H]2CCCC[C@H]2N(S(=O)(=O)c2ccc(C)cc2)C1. The van der Waals surface area contributed by atoms with Crippen molar-refractivity contribution in [3.05, 3.63) is 83.5 Å². The minimum atomic E-state index is -3.86. The summed E-state index contributed by atoms with van der Waals surface area (Å²) in [6.07, 6.45) is 4.77. The molecule has 2 aliphatic rings. The largest absolute Gasteiger partial charge is 0.243 e. The molecule has 1 fully saturated rings. The molecule has 2 aromatic carbocycles. The zero-order chi connectivity index (χ0) is 25.4. The van der Waals surface area contributed by atoms with Crippen molar-refractivity contribution in [2.45, 2.75) is 68.3 Å². The van der Waals surface area contributed by atoms with E-state index in [1.807, 2.05) is 26.8 Å². The van der Waals surface area contributed by atoms with Crippen molar-refractivity contribution < 1.29 is 16.8 Å². The summed E-state index contributed by atoms with van der Waals surface area (Å²) in [4.78, 5) is 0.452. The fourth-order valence-corrected chi connectivity index (χ4v) is 8.28. The molecule has 2 atom stereocenters. The van der Waals surface area contributed by atoms with Crippen LogP contribution in [0.4, 0.5) is 0 Å². The highest BCUT2D eigenvalue weighted by atomic mass is 32.2. The Balaban J connectivity index is 1.85. The van der Waals surface area contributed by atoms with Gasteiger partial charge in [-0.3, -0.25) is 0 Å². The van der Waals surface area contributed by atoms with Crippen molar-refractivity contribution in [1.82, 2.24) is 8.61 Å². The Morgan fingerprint density at radius 3 is 1.66 bits per heavy atom. The number of nitrogens with zero attached hydrogens (tertiary/aromatic N) is 2. The monoisotopic (exact) mass is 514 g/mol. The maximum absolute atomic E-state index is 14.0. The predicted octanol–water partition coefficient (Wildman–Crippen LogP) is 4.81. The second-order valence-electron chi connectivity index (χ2n) is 9.68. The molecule has 1 heterocycles. The van der Waals surface area contributed by atoms with Gasteiger partial charge in [0, 0.05) is 25.2 Å². The normalized spacial score (nSPS) is 24.0. The summed E-state index contributed by atoms with van der Waals surface area (Å²) in [5, 5.41) is 0. The van der Waals surface area contributed by atoms with Crippen molar-refractivity contribution in [3.63, 3.8) is 0 Å². The van der Waals surface area contributed by atoms with Gasteiger partial charge in [0.05, 0.1) is 9.79 Å². The molecule has 35 heavy (non-hydrogen) atoms. The van der Waals surface area contributed by atoms with Crippen molar-refractivity contribution in [1.29, 1.82) is 0 Å². The molecule has 0 radical (unpaired) electrons. The zero-order valence-corrected chi connectivity index (χ0v) is 22.3. The van der Waals surface area contributed by atoms with Crippen LogP contribution in [0.15, 0.2) is 82.1 Å². The number of hydrogen-bond donors (Lipinski definition) is 0. The lowest BCUT2D eigenvalue weighted by molar-refractivity contribution is 0.151. The van der Waals surface area contributed by atoms with E-state index in [0.29, 0.717) is 12.8 Å². The quantitative estimate of drug-likeness (QED) is 0.574. The zero-order valence-electron chi connectivity index (χ0n) is 20.6. The molecule has 0 amide bonds. The number of sulfonamides is 2. The third-order valence-electron chi connectivity index (χ3n) is 7.08. The number of fused-ring (bicyclic) bond motifs is 1. The molecule has 0 saturated heterocycles. The van der Waals surface area contributed by atoms with Crippen molar-refractivity contribution >= 4 is 20.0 Å². The fraction of sp³-hybridized carbons (Fsp3) is 0.407. The van der Waals surface area contributed by atoms with Crippen molar-refractivity contribution in [2.24, 2.45) is 0 Å². The summed E-state index contributed by atoms with van der Waals surface area (Å²) < 4.78 is 58.7. The van der Waals surface area contributed by atoms with E-state index in [0.717, 1.165) is 35.1 Å². The van der Waals surface area contributed by atoms with Crippen LogP contribution in [0, 0.1) is 13.8 Å². The Bertz CT molecular complexity index is 1330. The molecule has 188 valence electrons. The third-order valence-corrected chi connectivity index (χ3v) is 10.9. The number of benzene rings is 2. The van der Waals surface area contributed by atoms with E-state index in [9.17, 15) is 16.8 Å². The molecule has 4 rings (SSSR count). The summed E-state index contributed by atoms with van der Waals surface area (Å²) in [5.41, 5.74) is 3.43. The Labute approximate surface area is 210 Å². The lowest BCUT2D eigenvalue weighted by atomic mass is 9.89. The Morgan fingerprint density at radius 2 is 1.20 bits per heavy atom. The second kappa shape index (κ2) is 10.0. The van der Waals surface area contributed by atoms with Crippen LogP contribution in [-0.4, -0.2) is 50.6 Å². The van der Waals surface area contributed by atoms with Gasteiger partial charge in [-0.15, -0.1) is 0 Å². The molecule has 0 unspecified atom stereocenters. The molecule has 0 spiro atoms. The predicted molar refractivity (Wildman–Crippen MR) is 139 cm³/mol. The lowest BCUT2D eigenvalue weighted by Crippen LogP contribution is -2.57. The van der Waals surface area contributed by atoms with E-state index < -0.39 is 32.1 Å². The fourth-order valence-electron chi connectivity index (χ4n) is 4.99. The Kier molecular flexibility index (Phi) is 7.38. The van der Waals surface area contributed by atoms with E-state index in [1.165, 1.54) is 8.61 Å². The van der Waals surface area contributed by atoms with Gasteiger partial charge in [0.15, 0.2) is 0 Å². The Hall–Kier alpha value is -2.26. The lowest BCUT2D eigenvalue weighted by Gasteiger charge is -2.45. The molecule has 6 nitrogen and oxygen atoms in total. The van der Waals surface area contributed by atoms with Crippen LogP contribution in [-0.2, 0) is 20.0 Å². The second-order valence-corrected chi connectivity index (χ2v) is 13.5. The van der Waals surface area contributed by atoms with Crippen LogP contribution in [0.5, 0.6) is 0 Å². The van der Waals surface area contributed by atoms with E-state index in [1.54, 1.807) is 48.5 Å². The van der Waals surface area contributed by atoms with Crippen LogP contribution in [0.2, 0.25) is 0 Å². The first-order valence-electron chi connectivity index (χ1n) is 12.0. The number of hydrogen-bond acceptors (Lipinski definition) is 4. The molecule has 8 heteroatoms. The van der Waals surface area contributed by atoms with Gasteiger partial charge in [0.2, 0.25) is 20.0 Å². The van der Waals surface area contributed by atoms with E-state index in [4.69, 9.17) is 0 Å². The minimum absolute atomic E-state index is 0.186. The number of aryl methyl sites for hydroxylation is 2. The average molecular weight is 515 g/mol. The molecule has 0 aromatic heterocycles. The van der Waals surface area contributed by atoms with Gasteiger partial charge in [-0.2, -0.15) is 8.61 Å². The molecule has 0 N–H and O–H groups in total. The summed E-state index contributed by atoms with van der Waals surface area (Å²) in [5.74, 6) is 0. The third kappa shape index (κ3) is 5.16. The van der Waals surface area contributed by atoms with Gasteiger partial charge < -0.3 is 0 Å². The minimum Gasteiger partial charge on any atom is -0.207 e. The van der Waals surface area contributed by atoms with E-state index in [2.05, 4.69) is 6.58 Å². The average Bonchev–Trinajstić information content (AvgIpc) is 2.80. The van der Waals surface area contributed by atoms with Crippen LogP contribution in [0.3, 0.4) is 0 Å². The van der Waals surface area contributed by atoms with Crippen LogP contribution < -0.4 is 0 Å². The topological polar surface area (TPSA) is 74.8 Å². The first-order chi connectivity index (χ1) is 16.5. The maximum atomic E-state index is 14.0. The van der Waals surface area contributed by atoms with Gasteiger partial charge in [-0.25, -0.2) is 16.8 Å². The van der Waals surface area contributed by atoms with E-state index >= 15 is 0 Å². The standard InChI is InChI=1S/C27H34N2O4S2/c1-20(2)23-17-18-28(34(30,31)24-13-9-21(3)10-14-24)26-7-5-6-8-27(26)29(19-23)35(32,33)25-15-11-22(4)12-16-25/h9-17,26-27H,1,5-8,18-19H2,2-4H3/b23-17+/t26-,27-/m1/s1. The van der Waals surface area contributed by atoms with Crippen LogP contribution >= 0.6 is 0 Å². The van der Waals surface area contributed by atoms with Crippen LogP contribution in [0.25, 0.3) is 0 Å². The molecular formula is C27H34N2O4S2. The van der Waals surface area contributed by atoms with Crippen molar-refractivity contribution in [2.75, 3.05) is 13.1 Å². The summed E-state index contributed by atoms with van der Waals surface area (Å²) in [7, 11) is -7.70. The molecule has 0 bridgehead atoms. The van der Waals surface area contributed by atoms with Gasteiger partial charge in [0.25, 0.3) is 0 Å². The van der Waals surface area contributed by atoms with E-state index in [-0.39, 0.29) is 22.9 Å². The smallest absolute Gasteiger partial charge is 0.207 e. The van der Waals surface area contributed by atoms with Crippen LogP contribution in [0.1, 0.15) is 43.7 Å². The maximum Gasteiger partial charge on any atom is 0.243 e. The van der Waals surface area contributed by atoms with Gasteiger partial charge in [-0.1, -0.05) is 66.5 Å². The Morgan fingerprint density at radius 1 is 0.771 bits per heavy atom. The first-order valence-corrected chi connectivity index (χ1v) is 14.9. The van der Waals surface area contributed by atoms with Gasteiger partial charge in [-0.05, 0) is 63.5 Å². The molecule has 2 aromatic rings. The summed E-state index contributed by atoms with van der Waals surface area (Å²) in [6, 6.07) is 12.8. The highest BCUT2D eigenvalue weighted by molar-refractivity contribution is 7.89. The highest BCUT2D eigenvalue weighted by Crippen LogP contribution is 2.36. The molecular weight excluding hydrogens is 480 g/mol. The summed E-state index contributed by atoms with van der Waals surface area (Å²) in [6.45, 7) is 10.1. The summed E-state index contributed by atoms with van der Waals surface area (Å²) >= 11 is 0. The molecule has 1 aliphatic heterocycles. The van der Waals surface area contributed by atoms with Gasteiger partial charge >= 0.3 is 0 Å². The first kappa shape index (κ1) is 25.8. The van der Waals surface area contributed by atoms with Gasteiger partial charge in [0.1, 0.15) is 0 Å². The van der Waals surface area contributed by atoms with Crippen molar-refractivity contribution in [3.8, 4) is 0 Å².